The summed E-state index contributed by atoms with van der Waals surface area (Å²) < 4.78 is 0. The molecule has 44 valence electrons. The lowest BCUT2D eigenvalue weighted by atomic mass is 10.0. The lowest BCUT2D eigenvalue weighted by Crippen LogP contribution is -1.96. The Morgan fingerprint density at radius 3 is 3.12 bits per heavy atom. The quantitative estimate of drug-likeness (QED) is 0.418. The van der Waals surface area contributed by atoms with Gasteiger partial charge in [-0.1, -0.05) is 18.6 Å². The van der Waals surface area contributed by atoms with Gasteiger partial charge >= 0.3 is 0 Å². The second-order valence-electron chi connectivity index (χ2n) is 3.02. The SMILES string of the molecule is C1=C[C@@H]2CCC[C@@H]2C1. The summed E-state index contributed by atoms with van der Waals surface area (Å²) in [5, 5.41) is 0. The minimum atomic E-state index is 0.995. The number of hydrogen-bond donors (Lipinski definition) is 0. The number of allylic oxidation sites excluding steroid dienone is 2. The van der Waals surface area contributed by atoms with Gasteiger partial charge in [-0.25, -0.2) is 0 Å². The number of hydrogen-bond acceptors (Lipinski definition) is 0. The Labute approximate surface area is 50.6 Å². The van der Waals surface area contributed by atoms with Gasteiger partial charge in [0.1, 0.15) is 0 Å². The monoisotopic (exact) mass is 108 g/mol. The first-order chi connectivity index (χ1) is 3.97. The normalized spacial score (nSPS) is 43.0. The maximum Gasteiger partial charge on any atom is -0.0202 e. The first-order valence-electron chi connectivity index (χ1n) is 3.63. The van der Waals surface area contributed by atoms with E-state index in [-0.39, 0.29) is 0 Å². The fraction of sp³-hybridized carbons (Fsp3) is 0.750. The Kier molecular flexibility index (Phi) is 0.927. The van der Waals surface area contributed by atoms with E-state index in [1.54, 1.807) is 0 Å². The predicted molar refractivity (Wildman–Crippen MR) is 34.6 cm³/mol. The van der Waals surface area contributed by atoms with Crippen molar-refractivity contribution in [3.63, 3.8) is 0 Å². The highest BCUT2D eigenvalue weighted by Gasteiger charge is 2.26. The zero-order chi connectivity index (χ0) is 5.40. The molecular formula is C8H12. The molecule has 0 heteroatoms. The standard InChI is InChI=1S/C8H12/c1-3-7-5-2-6-8(7)4-1/h1,3,7-8H,2,4-6H2/t7-,8+/m1/s1. The van der Waals surface area contributed by atoms with Crippen LogP contribution in [0.1, 0.15) is 25.7 Å². The largest absolute Gasteiger partial charge is 0.0880 e. The molecule has 1 saturated carbocycles. The Hall–Kier alpha value is -0.260. The average Bonchev–Trinajstić information content (AvgIpc) is 2.15. The Bertz CT molecular complexity index is 113. The summed E-state index contributed by atoms with van der Waals surface area (Å²) in [5.74, 6) is 2.06. The van der Waals surface area contributed by atoms with Crippen molar-refractivity contribution in [3.8, 4) is 0 Å². The third kappa shape index (κ3) is 0.521. The van der Waals surface area contributed by atoms with Gasteiger partial charge in [0.05, 0.1) is 0 Å². The average molecular weight is 108 g/mol. The van der Waals surface area contributed by atoms with Crippen molar-refractivity contribution in [3.05, 3.63) is 12.2 Å². The van der Waals surface area contributed by atoms with Gasteiger partial charge in [0.15, 0.2) is 0 Å². The minimum Gasteiger partial charge on any atom is -0.0880 e. The topological polar surface area (TPSA) is 0 Å². The maximum absolute atomic E-state index is 2.41. The maximum atomic E-state index is 2.41. The zero-order valence-electron chi connectivity index (χ0n) is 5.14. The zero-order valence-corrected chi connectivity index (χ0v) is 5.14. The van der Waals surface area contributed by atoms with Gasteiger partial charge in [-0.3, -0.25) is 0 Å². The van der Waals surface area contributed by atoms with Crippen LogP contribution in [-0.4, -0.2) is 0 Å². The van der Waals surface area contributed by atoms with E-state index in [4.69, 9.17) is 0 Å². The molecule has 0 spiro atoms. The number of rotatable bonds is 0. The first kappa shape index (κ1) is 4.60. The molecule has 2 aliphatic carbocycles. The second kappa shape index (κ2) is 1.61. The van der Waals surface area contributed by atoms with E-state index in [0.29, 0.717) is 0 Å². The third-order valence-corrected chi connectivity index (χ3v) is 2.54. The second-order valence-corrected chi connectivity index (χ2v) is 3.02. The van der Waals surface area contributed by atoms with Gasteiger partial charge in [0.25, 0.3) is 0 Å². The molecule has 0 heterocycles. The summed E-state index contributed by atoms with van der Waals surface area (Å²) >= 11 is 0. The van der Waals surface area contributed by atoms with Crippen LogP contribution in [0.4, 0.5) is 0 Å². The molecule has 0 amide bonds. The first-order valence-corrected chi connectivity index (χ1v) is 3.63. The lowest BCUT2D eigenvalue weighted by molar-refractivity contribution is 0.496. The van der Waals surface area contributed by atoms with Crippen LogP contribution in [0.5, 0.6) is 0 Å². The molecule has 0 saturated heterocycles. The van der Waals surface area contributed by atoms with Crippen molar-refractivity contribution < 1.29 is 0 Å². The molecule has 0 aromatic carbocycles. The molecule has 0 aromatic rings. The highest BCUT2D eigenvalue weighted by atomic mass is 14.3. The van der Waals surface area contributed by atoms with Crippen LogP contribution in [0, 0.1) is 11.8 Å². The summed E-state index contributed by atoms with van der Waals surface area (Å²) in [5.41, 5.74) is 0. The van der Waals surface area contributed by atoms with Crippen LogP contribution in [0.25, 0.3) is 0 Å². The fourth-order valence-corrected chi connectivity index (χ4v) is 2.04. The highest BCUT2D eigenvalue weighted by molar-refractivity contribution is 5.03. The molecule has 2 rings (SSSR count). The van der Waals surface area contributed by atoms with E-state index in [1.165, 1.54) is 25.7 Å². The minimum absolute atomic E-state index is 0.995. The Morgan fingerprint density at radius 1 is 1.25 bits per heavy atom. The van der Waals surface area contributed by atoms with Crippen molar-refractivity contribution in [2.24, 2.45) is 11.8 Å². The van der Waals surface area contributed by atoms with Crippen molar-refractivity contribution in [2.75, 3.05) is 0 Å². The van der Waals surface area contributed by atoms with Gasteiger partial charge < -0.3 is 0 Å². The van der Waals surface area contributed by atoms with Crippen molar-refractivity contribution in [2.45, 2.75) is 25.7 Å². The molecule has 8 heavy (non-hydrogen) atoms. The van der Waals surface area contributed by atoms with Crippen LogP contribution in [0.15, 0.2) is 12.2 Å². The molecule has 0 radical (unpaired) electrons. The Morgan fingerprint density at radius 2 is 2.25 bits per heavy atom. The van der Waals surface area contributed by atoms with Gasteiger partial charge in [-0.15, -0.1) is 0 Å². The van der Waals surface area contributed by atoms with E-state index in [9.17, 15) is 0 Å². The third-order valence-electron chi connectivity index (χ3n) is 2.54. The van der Waals surface area contributed by atoms with Crippen molar-refractivity contribution in [1.82, 2.24) is 0 Å². The molecule has 0 aromatic heterocycles. The summed E-state index contributed by atoms with van der Waals surface area (Å²) in [6.07, 6.45) is 10.6. The van der Waals surface area contributed by atoms with E-state index >= 15 is 0 Å². The van der Waals surface area contributed by atoms with Crippen LogP contribution in [0.3, 0.4) is 0 Å². The van der Waals surface area contributed by atoms with E-state index in [1.807, 2.05) is 0 Å². The molecular weight excluding hydrogens is 96.1 g/mol. The molecule has 0 bridgehead atoms. The highest BCUT2D eigenvalue weighted by Crippen LogP contribution is 2.39. The Balaban J connectivity index is 2.13. The van der Waals surface area contributed by atoms with Crippen LogP contribution >= 0.6 is 0 Å². The fourth-order valence-electron chi connectivity index (χ4n) is 2.04. The molecule has 2 aliphatic rings. The number of fused-ring (bicyclic) bond motifs is 1. The summed E-state index contributed by atoms with van der Waals surface area (Å²) in [7, 11) is 0. The predicted octanol–water partition coefficient (Wildman–Crippen LogP) is 2.36. The molecule has 0 N–H and O–H groups in total. The molecule has 0 unspecified atom stereocenters. The molecule has 0 aliphatic heterocycles. The van der Waals surface area contributed by atoms with Crippen LogP contribution < -0.4 is 0 Å². The smallest absolute Gasteiger partial charge is 0.0202 e. The van der Waals surface area contributed by atoms with Crippen LogP contribution in [0.2, 0.25) is 0 Å². The molecule has 0 nitrogen and oxygen atoms in total. The van der Waals surface area contributed by atoms with Gasteiger partial charge in [0.2, 0.25) is 0 Å². The van der Waals surface area contributed by atoms with Crippen LogP contribution in [-0.2, 0) is 0 Å². The van der Waals surface area contributed by atoms with Crippen molar-refractivity contribution >= 4 is 0 Å². The summed E-state index contributed by atoms with van der Waals surface area (Å²) in [4.78, 5) is 0. The van der Waals surface area contributed by atoms with Gasteiger partial charge in [-0.05, 0) is 31.1 Å². The van der Waals surface area contributed by atoms with E-state index < -0.39 is 0 Å². The summed E-state index contributed by atoms with van der Waals surface area (Å²) in [6, 6.07) is 0. The van der Waals surface area contributed by atoms with Crippen molar-refractivity contribution in [1.29, 1.82) is 0 Å². The molecule has 2 atom stereocenters. The van der Waals surface area contributed by atoms with E-state index in [0.717, 1.165) is 11.8 Å². The van der Waals surface area contributed by atoms with E-state index in [2.05, 4.69) is 12.2 Å². The van der Waals surface area contributed by atoms with Gasteiger partial charge in [0, 0.05) is 0 Å². The summed E-state index contributed by atoms with van der Waals surface area (Å²) in [6.45, 7) is 0. The molecule has 1 fully saturated rings. The van der Waals surface area contributed by atoms with Gasteiger partial charge in [-0.2, -0.15) is 0 Å². The lowest BCUT2D eigenvalue weighted by Gasteiger charge is -2.04.